The van der Waals surface area contributed by atoms with Crippen molar-refractivity contribution in [2.45, 2.75) is 12.8 Å². The number of anilines is 1. The van der Waals surface area contributed by atoms with Crippen LogP contribution in [-0.2, 0) is 14.4 Å². The van der Waals surface area contributed by atoms with E-state index in [4.69, 9.17) is 5.73 Å². The van der Waals surface area contributed by atoms with Crippen LogP contribution >= 0.6 is 0 Å². The number of hydrogen-bond donors (Lipinski definition) is 4. The van der Waals surface area contributed by atoms with Gasteiger partial charge >= 0.3 is 11.8 Å². The second-order valence-electron chi connectivity index (χ2n) is 5.25. The van der Waals surface area contributed by atoms with Gasteiger partial charge in [-0.25, -0.2) is 0 Å². The van der Waals surface area contributed by atoms with Gasteiger partial charge in [0.25, 0.3) is 5.91 Å². The molecule has 0 atom stereocenters. The van der Waals surface area contributed by atoms with E-state index in [1.807, 2.05) is 10.6 Å². The van der Waals surface area contributed by atoms with Crippen molar-refractivity contribution in [2.24, 2.45) is 5.92 Å². The summed E-state index contributed by atoms with van der Waals surface area (Å²) in [5, 5.41) is 7.05. The summed E-state index contributed by atoms with van der Waals surface area (Å²) in [6.07, 6.45) is 1.20. The standard InChI is InChI=1S/C15H18N4O4/c16-11-3-1-9(2-4-11)12(20)18-14(22)15(23)19-13(21)10-5-7-17-8-6-10/h1-4,10,17H,5-8,16H2,(H,18,20,22)(H,19,21,23). The van der Waals surface area contributed by atoms with E-state index in [2.05, 4.69) is 5.32 Å². The Bertz CT molecular complexity index is 621. The SMILES string of the molecule is Nc1ccc(C(=O)NC(=O)C(=O)NC(=O)C2CCNCC2)cc1. The molecule has 23 heavy (non-hydrogen) atoms. The molecular formula is C15H18N4O4. The van der Waals surface area contributed by atoms with Gasteiger partial charge in [-0.15, -0.1) is 0 Å². The van der Waals surface area contributed by atoms with Gasteiger partial charge in [-0.1, -0.05) is 0 Å². The summed E-state index contributed by atoms with van der Waals surface area (Å²) < 4.78 is 0. The molecule has 0 bridgehead atoms. The van der Waals surface area contributed by atoms with Crippen LogP contribution in [0.25, 0.3) is 0 Å². The monoisotopic (exact) mass is 318 g/mol. The number of benzene rings is 1. The maximum absolute atomic E-state index is 11.9. The summed E-state index contributed by atoms with van der Waals surface area (Å²) in [6.45, 7) is 1.38. The topological polar surface area (TPSA) is 130 Å². The van der Waals surface area contributed by atoms with Gasteiger partial charge in [0.05, 0.1) is 0 Å². The second kappa shape index (κ2) is 7.50. The highest BCUT2D eigenvalue weighted by Crippen LogP contribution is 2.11. The van der Waals surface area contributed by atoms with Gasteiger partial charge in [0.2, 0.25) is 5.91 Å². The van der Waals surface area contributed by atoms with E-state index in [0.29, 0.717) is 31.6 Å². The maximum Gasteiger partial charge on any atom is 0.316 e. The largest absolute Gasteiger partial charge is 0.399 e. The molecule has 1 saturated heterocycles. The highest BCUT2D eigenvalue weighted by atomic mass is 16.2. The summed E-state index contributed by atoms with van der Waals surface area (Å²) in [4.78, 5) is 47.0. The lowest BCUT2D eigenvalue weighted by Gasteiger charge is -2.21. The maximum atomic E-state index is 11.9. The number of carbonyl (C=O) groups is 4. The average Bonchev–Trinajstić information content (AvgIpc) is 2.56. The molecule has 1 aliphatic rings. The van der Waals surface area contributed by atoms with E-state index < -0.39 is 23.6 Å². The fourth-order valence-electron chi connectivity index (χ4n) is 2.22. The lowest BCUT2D eigenvalue weighted by molar-refractivity contribution is -0.142. The molecule has 0 spiro atoms. The van der Waals surface area contributed by atoms with Gasteiger partial charge in [0.15, 0.2) is 0 Å². The van der Waals surface area contributed by atoms with Crippen molar-refractivity contribution in [3.05, 3.63) is 29.8 Å². The zero-order valence-corrected chi connectivity index (χ0v) is 12.4. The smallest absolute Gasteiger partial charge is 0.316 e. The number of hydrogen-bond acceptors (Lipinski definition) is 6. The van der Waals surface area contributed by atoms with Crippen molar-refractivity contribution in [1.82, 2.24) is 16.0 Å². The van der Waals surface area contributed by atoms with E-state index >= 15 is 0 Å². The first-order chi connectivity index (χ1) is 11.0. The second-order valence-corrected chi connectivity index (χ2v) is 5.25. The van der Waals surface area contributed by atoms with Gasteiger partial charge in [0.1, 0.15) is 0 Å². The number of piperidine rings is 1. The van der Waals surface area contributed by atoms with E-state index in [9.17, 15) is 19.2 Å². The Morgan fingerprint density at radius 2 is 1.52 bits per heavy atom. The Morgan fingerprint density at radius 1 is 0.957 bits per heavy atom. The molecule has 1 heterocycles. The van der Waals surface area contributed by atoms with Gasteiger partial charge in [-0.2, -0.15) is 0 Å². The number of rotatable bonds is 2. The molecule has 8 heteroatoms. The molecule has 5 N–H and O–H groups in total. The zero-order valence-electron chi connectivity index (χ0n) is 12.4. The van der Waals surface area contributed by atoms with Gasteiger partial charge < -0.3 is 11.1 Å². The number of nitrogen functional groups attached to an aromatic ring is 1. The summed E-state index contributed by atoms with van der Waals surface area (Å²) in [5.74, 6) is -3.85. The summed E-state index contributed by atoms with van der Waals surface area (Å²) >= 11 is 0. The van der Waals surface area contributed by atoms with Crippen LogP contribution in [0.3, 0.4) is 0 Å². The molecule has 0 radical (unpaired) electrons. The number of imide groups is 2. The number of nitrogens with two attached hydrogens (primary N) is 1. The zero-order chi connectivity index (χ0) is 16.8. The predicted octanol–water partition coefficient (Wildman–Crippen LogP) is -0.832. The minimum atomic E-state index is -1.17. The van der Waals surface area contributed by atoms with Crippen molar-refractivity contribution < 1.29 is 19.2 Å². The fraction of sp³-hybridized carbons (Fsp3) is 0.333. The van der Waals surface area contributed by atoms with E-state index in [-0.39, 0.29) is 11.5 Å². The average molecular weight is 318 g/mol. The predicted molar refractivity (Wildman–Crippen MR) is 82.1 cm³/mol. The van der Waals surface area contributed by atoms with Crippen LogP contribution in [0.1, 0.15) is 23.2 Å². The molecule has 0 saturated carbocycles. The lowest BCUT2D eigenvalue weighted by atomic mass is 9.97. The van der Waals surface area contributed by atoms with E-state index in [0.717, 1.165) is 0 Å². The first kappa shape index (κ1) is 16.6. The minimum absolute atomic E-state index is 0.185. The fourth-order valence-corrected chi connectivity index (χ4v) is 2.22. The number of carbonyl (C=O) groups excluding carboxylic acids is 4. The van der Waals surface area contributed by atoms with E-state index in [1.54, 1.807) is 0 Å². The molecule has 0 unspecified atom stereocenters. The van der Waals surface area contributed by atoms with Crippen LogP contribution in [-0.4, -0.2) is 36.7 Å². The van der Waals surface area contributed by atoms with Crippen molar-refractivity contribution in [2.75, 3.05) is 18.8 Å². The van der Waals surface area contributed by atoms with Crippen LogP contribution < -0.4 is 21.7 Å². The summed E-state index contributed by atoms with van der Waals surface area (Å²) in [5.41, 5.74) is 6.15. The van der Waals surface area contributed by atoms with Crippen LogP contribution in [0, 0.1) is 5.92 Å². The summed E-state index contributed by atoms with van der Waals surface area (Å²) in [7, 11) is 0. The normalized spacial score (nSPS) is 14.8. The van der Waals surface area contributed by atoms with Crippen molar-refractivity contribution >= 4 is 29.3 Å². The highest BCUT2D eigenvalue weighted by Gasteiger charge is 2.25. The van der Waals surface area contributed by atoms with E-state index in [1.165, 1.54) is 24.3 Å². The highest BCUT2D eigenvalue weighted by molar-refractivity contribution is 6.40. The Morgan fingerprint density at radius 3 is 2.13 bits per heavy atom. The van der Waals surface area contributed by atoms with Gasteiger partial charge in [-0.3, -0.25) is 29.8 Å². The third kappa shape index (κ3) is 4.62. The Labute approximate surface area is 132 Å². The first-order valence-corrected chi connectivity index (χ1v) is 7.24. The molecule has 1 aliphatic heterocycles. The summed E-state index contributed by atoms with van der Waals surface area (Å²) in [6, 6.07) is 5.85. The Balaban J connectivity index is 1.86. The molecular weight excluding hydrogens is 300 g/mol. The van der Waals surface area contributed by atoms with Crippen molar-refractivity contribution in [3.63, 3.8) is 0 Å². The van der Waals surface area contributed by atoms with Crippen LogP contribution in [0.2, 0.25) is 0 Å². The molecule has 0 aromatic heterocycles. The third-order valence-corrected chi connectivity index (χ3v) is 3.55. The van der Waals surface area contributed by atoms with Crippen LogP contribution in [0.4, 0.5) is 5.69 Å². The molecule has 1 aromatic rings. The molecule has 0 aliphatic carbocycles. The molecule has 1 fully saturated rings. The van der Waals surface area contributed by atoms with Crippen molar-refractivity contribution in [1.29, 1.82) is 0 Å². The quantitative estimate of drug-likeness (QED) is 0.416. The lowest BCUT2D eigenvalue weighted by Crippen LogP contribution is -2.47. The molecule has 1 aromatic carbocycles. The van der Waals surface area contributed by atoms with Crippen molar-refractivity contribution in [3.8, 4) is 0 Å². The number of nitrogens with one attached hydrogen (secondary N) is 3. The Hall–Kier alpha value is -2.74. The number of amides is 4. The van der Waals surface area contributed by atoms with Gasteiger partial charge in [0, 0.05) is 17.2 Å². The van der Waals surface area contributed by atoms with Crippen LogP contribution in [0.5, 0.6) is 0 Å². The minimum Gasteiger partial charge on any atom is -0.399 e. The van der Waals surface area contributed by atoms with Gasteiger partial charge in [-0.05, 0) is 50.2 Å². The first-order valence-electron chi connectivity index (χ1n) is 7.24. The Kier molecular flexibility index (Phi) is 5.42. The molecule has 4 amide bonds. The molecule has 122 valence electrons. The molecule has 2 rings (SSSR count). The molecule has 8 nitrogen and oxygen atoms in total. The third-order valence-electron chi connectivity index (χ3n) is 3.55. The van der Waals surface area contributed by atoms with Crippen LogP contribution in [0.15, 0.2) is 24.3 Å².